The fraction of sp³-hybridized carbons (Fsp3) is 0.857. The van der Waals surface area contributed by atoms with Crippen molar-refractivity contribution in [2.75, 3.05) is 6.61 Å². The van der Waals surface area contributed by atoms with Crippen molar-refractivity contribution < 1.29 is 24.4 Å². The van der Waals surface area contributed by atoms with Crippen molar-refractivity contribution in [1.82, 2.24) is 0 Å². The Morgan fingerprint density at radius 2 is 2.08 bits per heavy atom. The van der Waals surface area contributed by atoms with Gasteiger partial charge in [-0.25, -0.2) is 0 Å². The molecular formula is C7H10O5S. The van der Waals surface area contributed by atoms with Gasteiger partial charge in [0.05, 0.1) is 0 Å². The van der Waals surface area contributed by atoms with Gasteiger partial charge in [0.2, 0.25) is 0 Å². The van der Waals surface area contributed by atoms with Crippen molar-refractivity contribution in [2.45, 2.75) is 31.0 Å². The maximum absolute atomic E-state index is 9.19. The molecule has 2 aliphatic rings. The van der Waals surface area contributed by atoms with E-state index in [0.29, 0.717) is 13.0 Å². The first kappa shape index (κ1) is 9.14. The van der Waals surface area contributed by atoms with Crippen LogP contribution in [0.4, 0.5) is 0 Å². The first-order valence-corrected chi connectivity index (χ1v) is 4.42. The molecule has 0 saturated carbocycles. The van der Waals surface area contributed by atoms with Gasteiger partial charge >= 0.3 is 5.24 Å². The lowest BCUT2D eigenvalue weighted by atomic mass is 10.1. The van der Waals surface area contributed by atoms with Gasteiger partial charge in [0, 0.05) is 18.6 Å². The zero-order valence-corrected chi connectivity index (χ0v) is 7.57. The Balaban J connectivity index is 1.92. The summed E-state index contributed by atoms with van der Waals surface area (Å²) in [5, 5.41) is 18.4. The van der Waals surface area contributed by atoms with E-state index in [-0.39, 0.29) is 17.4 Å². The first-order chi connectivity index (χ1) is 6.16. The number of hydrogen-bond acceptors (Lipinski definition) is 6. The number of thiocarbonyl (C=S) groups is 1. The van der Waals surface area contributed by atoms with Crippen LogP contribution in [0.5, 0.6) is 0 Å². The van der Waals surface area contributed by atoms with Gasteiger partial charge in [-0.15, -0.1) is 0 Å². The van der Waals surface area contributed by atoms with Crippen LogP contribution in [0.1, 0.15) is 6.42 Å². The standard InChI is InChI=1S/C7H10O5S/c8-3-1-4(11-6(3)9)5-2-10-7(13)12-5/h3-6,8-9H,1-2H2/t3-,4+,5-,6?/m1/s1. The van der Waals surface area contributed by atoms with Crippen LogP contribution >= 0.6 is 12.2 Å². The molecule has 5 nitrogen and oxygen atoms in total. The van der Waals surface area contributed by atoms with Crippen LogP contribution in [0, 0.1) is 0 Å². The van der Waals surface area contributed by atoms with E-state index in [0.717, 1.165) is 0 Å². The summed E-state index contributed by atoms with van der Waals surface area (Å²) in [6, 6.07) is 0. The molecule has 1 unspecified atom stereocenters. The zero-order chi connectivity index (χ0) is 9.42. The molecule has 2 saturated heterocycles. The molecule has 2 heterocycles. The predicted octanol–water partition coefficient (Wildman–Crippen LogP) is -0.845. The molecule has 74 valence electrons. The second kappa shape index (κ2) is 3.38. The van der Waals surface area contributed by atoms with Gasteiger partial charge < -0.3 is 24.4 Å². The summed E-state index contributed by atoms with van der Waals surface area (Å²) < 4.78 is 15.1. The third-order valence-corrected chi connectivity index (χ3v) is 2.36. The summed E-state index contributed by atoms with van der Waals surface area (Å²) in [5.41, 5.74) is 0. The van der Waals surface area contributed by atoms with Gasteiger partial charge in [-0.05, 0) is 0 Å². The summed E-state index contributed by atoms with van der Waals surface area (Å²) in [6.45, 7) is 0.322. The average Bonchev–Trinajstić information content (AvgIpc) is 2.61. The molecule has 0 amide bonds. The second-order valence-electron chi connectivity index (χ2n) is 3.09. The molecule has 2 aliphatic heterocycles. The Bertz CT molecular complexity index is 211. The highest BCUT2D eigenvalue weighted by Gasteiger charge is 2.41. The molecular weight excluding hydrogens is 196 g/mol. The van der Waals surface area contributed by atoms with E-state index in [4.69, 9.17) is 19.3 Å². The number of hydrogen-bond donors (Lipinski definition) is 2. The lowest BCUT2D eigenvalue weighted by Gasteiger charge is -2.14. The van der Waals surface area contributed by atoms with Crippen LogP contribution in [0.15, 0.2) is 0 Å². The highest BCUT2D eigenvalue weighted by Crippen LogP contribution is 2.25. The van der Waals surface area contributed by atoms with Gasteiger partial charge in [0.15, 0.2) is 12.4 Å². The monoisotopic (exact) mass is 206 g/mol. The van der Waals surface area contributed by atoms with Crippen LogP contribution in [0.2, 0.25) is 0 Å². The lowest BCUT2D eigenvalue weighted by Crippen LogP contribution is -2.28. The Hall–Kier alpha value is -0.430. The van der Waals surface area contributed by atoms with Gasteiger partial charge in [0.25, 0.3) is 0 Å². The molecule has 13 heavy (non-hydrogen) atoms. The number of rotatable bonds is 1. The normalized spacial score (nSPS) is 44.6. The minimum absolute atomic E-state index is 0.101. The third kappa shape index (κ3) is 1.76. The Labute approximate surface area is 80.2 Å². The molecule has 2 fully saturated rings. The van der Waals surface area contributed by atoms with Crippen LogP contribution in [-0.2, 0) is 14.2 Å². The van der Waals surface area contributed by atoms with Crippen LogP contribution < -0.4 is 0 Å². The largest absolute Gasteiger partial charge is 0.453 e. The molecule has 4 atom stereocenters. The Kier molecular flexibility index (Phi) is 2.37. The molecule has 0 radical (unpaired) electrons. The van der Waals surface area contributed by atoms with Crippen molar-refractivity contribution in [1.29, 1.82) is 0 Å². The Morgan fingerprint density at radius 1 is 1.31 bits per heavy atom. The van der Waals surface area contributed by atoms with Gasteiger partial charge in [-0.1, -0.05) is 0 Å². The van der Waals surface area contributed by atoms with E-state index in [1.54, 1.807) is 0 Å². The molecule has 6 heteroatoms. The SMILES string of the molecule is OC1O[C@H]([C@H]2COC(=S)O2)C[C@H]1O. The predicted molar refractivity (Wildman–Crippen MR) is 44.9 cm³/mol. The van der Waals surface area contributed by atoms with Crippen molar-refractivity contribution >= 4 is 17.5 Å². The summed E-state index contributed by atoms with van der Waals surface area (Å²) in [6.07, 6.45) is -2.27. The second-order valence-corrected chi connectivity index (χ2v) is 3.42. The molecule has 0 bridgehead atoms. The van der Waals surface area contributed by atoms with Crippen LogP contribution in [-0.4, -0.2) is 46.7 Å². The Morgan fingerprint density at radius 3 is 2.54 bits per heavy atom. The fourth-order valence-electron chi connectivity index (χ4n) is 1.44. The molecule has 2 N–H and O–H groups in total. The summed E-state index contributed by atoms with van der Waals surface area (Å²) >= 11 is 4.67. The smallest absolute Gasteiger partial charge is 0.352 e. The quantitative estimate of drug-likeness (QED) is 0.545. The van der Waals surface area contributed by atoms with E-state index in [2.05, 4.69) is 12.2 Å². The average molecular weight is 206 g/mol. The van der Waals surface area contributed by atoms with Crippen molar-refractivity contribution in [3.63, 3.8) is 0 Å². The van der Waals surface area contributed by atoms with Gasteiger partial charge in [-0.3, -0.25) is 0 Å². The number of aliphatic hydroxyl groups excluding tert-OH is 2. The zero-order valence-electron chi connectivity index (χ0n) is 6.75. The maximum atomic E-state index is 9.19. The summed E-state index contributed by atoms with van der Waals surface area (Å²) in [4.78, 5) is 0. The van der Waals surface area contributed by atoms with E-state index >= 15 is 0 Å². The minimum atomic E-state index is -1.12. The van der Waals surface area contributed by atoms with Gasteiger partial charge in [0.1, 0.15) is 18.8 Å². The summed E-state index contributed by atoms with van der Waals surface area (Å²) in [7, 11) is 0. The number of ether oxygens (including phenoxy) is 3. The molecule has 0 aromatic carbocycles. The molecule has 0 spiro atoms. The van der Waals surface area contributed by atoms with E-state index < -0.39 is 12.4 Å². The van der Waals surface area contributed by atoms with Gasteiger partial charge in [-0.2, -0.15) is 0 Å². The van der Waals surface area contributed by atoms with Crippen molar-refractivity contribution in [2.24, 2.45) is 0 Å². The highest BCUT2D eigenvalue weighted by atomic mass is 32.1. The van der Waals surface area contributed by atoms with E-state index in [1.807, 2.05) is 0 Å². The molecule has 0 aromatic rings. The molecule has 0 aromatic heterocycles. The first-order valence-electron chi connectivity index (χ1n) is 4.02. The minimum Gasteiger partial charge on any atom is -0.453 e. The lowest BCUT2D eigenvalue weighted by molar-refractivity contribution is -0.141. The van der Waals surface area contributed by atoms with Crippen molar-refractivity contribution in [3.8, 4) is 0 Å². The van der Waals surface area contributed by atoms with E-state index in [1.165, 1.54) is 0 Å². The fourth-order valence-corrected chi connectivity index (χ4v) is 1.64. The van der Waals surface area contributed by atoms with E-state index in [9.17, 15) is 5.11 Å². The number of aliphatic hydroxyl groups is 2. The maximum Gasteiger partial charge on any atom is 0.352 e. The van der Waals surface area contributed by atoms with Crippen LogP contribution in [0.3, 0.4) is 0 Å². The third-order valence-electron chi connectivity index (χ3n) is 2.14. The van der Waals surface area contributed by atoms with Crippen molar-refractivity contribution in [3.05, 3.63) is 0 Å². The topological polar surface area (TPSA) is 68.2 Å². The summed E-state index contributed by atoms with van der Waals surface area (Å²) in [5.74, 6) is 0. The molecule has 0 aliphatic carbocycles. The molecule has 2 rings (SSSR count). The highest BCUT2D eigenvalue weighted by molar-refractivity contribution is 7.79. The van der Waals surface area contributed by atoms with Crippen LogP contribution in [0.25, 0.3) is 0 Å².